The van der Waals surface area contributed by atoms with Gasteiger partial charge in [-0.05, 0) is 39.3 Å². The number of nitrogens with zero attached hydrogens (tertiary/aromatic N) is 2. The lowest BCUT2D eigenvalue weighted by molar-refractivity contribution is 0.140. The molecule has 1 aromatic rings. The van der Waals surface area contributed by atoms with Crippen molar-refractivity contribution in [3.05, 3.63) is 22.8 Å². The number of hydrogen-bond acceptors (Lipinski definition) is 3. The molecule has 0 saturated carbocycles. The van der Waals surface area contributed by atoms with Crippen molar-refractivity contribution < 1.29 is 4.74 Å². The summed E-state index contributed by atoms with van der Waals surface area (Å²) in [5.74, 6) is 0.879. The highest BCUT2D eigenvalue weighted by atomic mass is 35.5. The fraction of sp³-hybridized carbons (Fsp3) is 0.643. The van der Waals surface area contributed by atoms with E-state index in [1.54, 1.807) is 12.3 Å². The molecule has 3 nitrogen and oxygen atoms in total. The van der Waals surface area contributed by atoms with Crippen LogP contribution in [0.5, 0.6) is 5.88 Å². The van der Waals surface area contributed by atoms with Crippen molar-refractivity contribution in [3.8, 4) is 5.88 Å². The maximum absolute atomic E-state index is 6.09. The summed E-state index contributed by atoms with van der Waals surface area (Å²) in [7, 11) is 0. The second kappa shape index (κ2) is 7.93. The van der Waals surface area contributed by atoms with Gasteiger partial charge in [-0.15, -0.1) is 11.6 Å². The molecule has 0 N–H and O–H groups in total. The first-order valence-corrected chi connectivity index (χ1v) is 7.45. The van der Waals surface area contributed by atoms with Crippen LogP contribution < -0.4 is 4.74 Å². The summed E-state index contributed by atoms with van der Waals surface area (Å²) in [6.07, 6.45) is 1.69. The zero-order valence-electron chi connectivity index (χ0n) is 12.0. The van der Waals surface area contributed by atoms with E-state index in [2.05, 4.69) is 37.6 Å². The Hall–Kier alpha value is -0.510. The predicted molar refractivity (Wildman–Crippen MR) is 81.3 cm³/mol. The maximum atomic E-state index is 6.09. The van der Waals surface area contributed by atoms with Crippen molar-refractivity contribution in [1.82, 2.24) is 9.88 Å². The van der Waals surface area contributed by atoms with Crippen LogP contribution in [-0.2, 0) is 5.88 Å². The average Bonchev–Trinajstić information content (AvgIpc) is 2.35. The number of pyridine rings is 1. The second-order valence-electron chi connectivity index (χ2n) is 5.04. The lowest BCUT2D eigenvalue weighted by Crippen LogP contribution is -2.39. The Morgan fingerprint density at radius 2 is 1.89 bits per heavy atom. The number of alkyl halides is 1. The van der Waals surface area contributed by atoms with Gasteiger partial charge in [0.2, 0.25) is 5.88 Å². The van der Waals surface area contributed by atoms with Gasteiger partial charge in [0.1, 0.15) is 11.6 Å². The molecule has 0 aromatic carbocycles. The highest BCUT2D eigenvalue weighted by Gasteiger charge is 2.13. The van der Waals surface area contributed by atoms with Crippen molar-refractivity contribution in [2.24, 2.45) is 0 Å². The maximum Gasteiger partial charge on any atom is 0.232 e. The number of aromatic nitrogens is 1. The monoisotopic (exact) mass is 304 g/mol. The van der Waals surface area contributed by atoms with Crippen molar-refractivity contribution in [2.45, 2.75) is 45.7 Å². The smallest absolute Gasteiger partial charge is 0.232 e. The summed E-state index contributed by atoms with van der Waals surface area (Å²) in [6.45, 7) is 10.1. The first kappa shape index (κ1) is 16.5. The molecule has 0 amide bonds. The first-order chi connectivity index (χ1) is 8.95. The standard InChI is InChI=1S/C14H22Cl2N2O/c1-10(2)18(11(3)4)5-6-19-14-13(16)7-12(8-15)9-17-14/h7,9-11H,5-6,8H2,1-4H3. The lowest BCUT2D eigenvalue weighted by Gasteiger charge is -2.30. The SMILES string of the molecule is CC(C)N(CCOc1ncc(CCl)cc1Cl)C(C)C. The first-order valence-electron chi connectivity index (χ1n) is 6.54. The van der Waals surface area contributed by atoms with Gasteiger partial charge in [-0.1, -0.05) is 11.6 Å². The van der Waals surface area contributed by atoms with Crippen LogP contribution in [-0.4, -0.2) is 35.1 Å². The van der Waals surface area contributed by atoms with E-state index < -0.39 is 0 Å². The predicted octanol–water partition coefficient (Wildman–Crippen LogP) is 3.97. The van der Waals surface area contributed by atoms with E-state index in [1.807, 2.05) is 0 Å². The van der Waals surface area contributed by atoms with Gasteiger partial charge in [0.05, 0.1) is 0 Å². The molecule has 1 aromatic heterocycles. The molecule has 108 valence electrons. The van der Waals surface area contributed by atoms with Gasteiger partial charge < -0.3 is 4.74 Å². The van der Waals surface area contributed by atoms with Crippen LogP contribution in [0.2, 0.25) is 5.02 Å². The molecule has 1 rings (SSSR count). The molecule has 0 aliphatic carbocycles. The molecule has 0 spiro atoms. The molecule has 0 atom stereocenters. The van der Waals surface area contributed by atoms with Crippen molar-refractivity contribution in [2.75, 3.05) is 13.2 Å². The van der Waals surface area contributed by atoms with E-state index >= 15 is 0 Å². The molecule has 0 aliphatic heterocycles. The van der Waals surface area contributed by atoms with E-state index in [-0.39, 0.29) is 0 Å². The number of hydrogen-bond donors (Lipinski definition) is 0. The van der Waals surface area contributed by atoms with Crippen molar-refractivity contribution >= 4 is 23.2 Å². The second-order valence-corrected chi connectivity index (χ2v) is 5.71. The van der Waals surface area contributed by atoms with Crippen molar-refractivity contribution in [1.29, 1.82) is 0 Å². The Labute approximate surface area is 125 Å². The Kier molecular flexibility index (Phi) is 6.90. The van der Waals surface area contributed by atoms with E-state index in [0.29, 0.717) is 35.5 Å². The third-order valence-electron chi connectivity index (χ3n) is 2.93. The topological polar surface area (TPSA) is 25.4 Å². The molecule has 5 heteroatoms. The minimum atomic E-state index is 0.404. The molecular weight excluding hydrogens is 283 g/mol. The van der Waals surface area contributed by atoms with Crippen LogP contribution in [0.25, 0.3) is 0 Å². The van der Waals surface area contributed by atoms with Gasteiger partial charge in [0.15, 0.2) is 0 Å². The number of halogens is 2. The highest BCUT2D eigenvalue weighted by molar-refractivity contribution is 6.32. The van der Waals surface area contributed by atoms with Gasteiger partial charge in [-0.2, -0.15) is 0 Å². The minimum Gasteiger partial charge on any atom is -0.475 e. The third kappa shape index (κ3) is 5.17. The van der Waals surface area contributed by atoms with Gasteiger partial charge in [-0.25, -0.2) is 4.98 Å². The Morgan fingerprint density at radius 1 is 1.26 bits per heavy atom. The molecule has 0 radical (unpaired) electrons. The zero-order valence-corrected chi connectivity index (χ0v) is 13.5. The van der Waals surface area contributed by atoms with E-state index in [4.69, 9.17) is 27.9 Å². The summed E-state index contributed by atoms with van der Waals surface area (Å²) < 4.78 is 5.64. The zero-order chi connectivity index (χ0) is 14.4. The molecule has 0 aliphatic rings. The highest BCUT2D eigenvalue weighted by Crippen LogP contribution is 2.23. The summed E-state index contributed by atoms with van der Waals surface area (Å²) in [4.78, 5) is 6.54. The van der Waals surface area contributed by atoms with Crippen molar-refractivity contribution in [3.63, 3.8) is 0 Å². The summed E-state index contributed by atoms with van der Waals surface area (Å²) in [5, 5.41) is 0.513. The van der Waals surface area contributed by atoms with Crippen LogP contribution in [0.3, 0.4) is 0 Å². The van der Waals surface area contributed by atoms with Crippen LogP contribution in [0.15, 0.2) is 12.3 Å². The quantitative estimate of drug-likeness (QED) is 0.713. The van der Waals surface area contributed by atoms with Gasteiger partial charge in [0, 0.05) is 30.7 Å². The van der Waals surface area contributed by atoms with E-state index in [1.165, 1.54) is 0 Å². The Balaban J connectivity index is 2.53. The van der Waals surface area contributed by atoms with E-state index in [9.17, 15) is 0 Å². The summed E-state index contributed by atoms with van der Waals surface area (Å²) >= 11 is 11.8. The Bertz CT molecular complexity index is 389. The summed E-state index contributed by atoms with van der Waals surface area (Å²) in [5.41, 5.74) is 0.894. The molecule has 0 fully saturated rings. The molecule has 19 heavy (non-hydrogen) atoms. The van der Waals surface area contributed by atoms with E-state index in [0.717, 1.165) is 12.1 Å². The fourth-order valence-electron chi connectivity index (χ4n) is 2.00. The van der Waals surface area contributed by atoms with Gasteiger partial charge >= 0.3 is 0 Å². The van der Waals surface area contributed by atoms with Gasteiger partial charge in [-0.3, -0.25) is 4.90 Å². The van der Waals surface area contributed by atoms with Crippen LogP contribution in [0.1, 0.15) is 33.3 Å². The lowest BCUT2D eigenvalue weighted by atomic mass is 10.2. The normalized spacial score (nSPS) is 11.6. The third-order valence-corrected chi connectivity index (χ3v) is 3.51. The molecule has 1 heterocycles. The number of rotatable bonds is 7. The van der Waals surface area contributed by atoms with Crippen LogP contribution >= 0.6 is 23.2 Å². The average molecular weight is 305 g/mol. The van der Waals surface area contributed by atoms with Crippen LogP contribution in [0.4, 0.5) is 0 Å². The van der Waals surface area contributed by atoms with Gasteiger partial charge in [0.25, 0.3) is 0 Å². The fourth-order valence-corrected chi connectivity index (χ4v) is 2.39. The number of ether oxygens (including phenoxy) is 1. The summed E-state index contributed by atoms with van der Waals surface area (Å²) in [6, 6.07) is 2.77. The molecule has 0 bridgehead atoms. The minimum absolute atomic E-state index is 0.404. The Morgan fingerprint density at radius 3 is 2.37 bits per heavy atom. The van der Waals surface area contributed by atoms with Crippen LogP contribution in [0, 0.1) is 0 Å². The molecule has 0 saturated heterocycles. The molecular formula is C14H22Cl2N2O. The largest absolute Gasteiger partial charge is 0.475 e. The molecule has 0 unspecified atom stereocenters.